The predicted octanol–water partition coefficient (Wildman–Crippen LogP) is 5.70. The highest BCUT2D eigenvalue weighted by Crippen LogP contribution is 2.43. The lowest BCUT2D eigenvalue weighted by molar-refractivity contribution is -0.0935. The molecule has 2 unspecified atom stereocenters. The zero-order chi connectivity index (χ0) is 34.7. The molecule has 254 valence electrons. The van der Waals surface area contributed by atoms with Crippen LogP contribution < -0.4 is 14.8 Å². The zero-order valence-electron chi connectivity index (χ0n) is 27.2. The van der Waals surface area contributed by atoms with E-state index in [9.17, 15) is 9.90 Å². The van der Waals surface area contributed by atoms with Gasteiger partial charge in [0.25, 0.3) is 5.91 Å². The number of halogens is 1. The molecule has 6 aromatic rings. The first-order valence-electron chi connectivity index (χ1n) is 15.9. The molecule has 0 bridgehead atoms. The van der Waals surface area contributed by atoms with Gasteiger partial charge in [-0.15, -0.1) is 0 Å². The van der Waals surface area contributed by atoms with Gasteiger partial charge < -0.3 is 29.4 Å². The van der Waals surface area contributed by atoms with Gasteiger partial charge >= 0.3 is 0 Å². The molecule has 7 rings (SSSR count). The van der Waals surface area contributed by atoms with E-state index in [1.807, 2.05) is 84.9 Å². The first kappa shape index (κ1) is 32.8. The summed E-state index contributed by atoms with van der Waals surface area (Å²) < 4.78 is 41.3. The number of imidazole rings is 1. The van der Waals surface area contributed by atoms with E-state index in [0.717, 1.165) is 16.7 Å². The van der Waals surface area contributed by atoms with Crippen molar-refractivity contribution in [2.75, 3.05) is 26.1 Å². The summed E-state index contributed by atoms with van der Waals surface area (Å²) in [6.45, 7) is -0.189. The number of carbonyl (C=O) groups excluding carboxylic acids is 1. The van der Waals surface area contributed by atoms with Gasteiger partial charge in [0.2, 0.25) is 0 Å². The van der Waals surface area contributed by atoms with Gasteiger partial charge in [0.05, 0.1) is 27.2 Å². The fourth-order valence-corrected chi connectivity index (χ4v) is 6.25. The standard InChI is InChI=1S/C38H34FN5O6/c1-47-28-17-13-26(14-18-28)38(25-11-7-4-8-12-25,27-15-19-29(48-2)20-16-27)49-21-30-33(45)31(39)37(50-30)44-23-42-32-34(40-22-41-35(32)44)43-36(46)24-9-5-3-6-10-24/h3-20,22-23,30-31,33,37,45H,21H2,1-2H3,(H,40,41,43,46)/t30-,31?,33?,37-/m1/s1. The average Bonchev–Trinajstić information content (AvgIpc) is 3.73. The Morgan fingerprint density at radius 3 is 2.02 bits per heavy atom. The molecule has 3 heterocycles. The maximum Gasteiger partial charge on any atom is 0.256 e. The minimum atomic E-state index is -1.86. The smallest absolute Gasteiger partial charge is 0.256 e. The highest BCUT2D eigenvalue weighted by atomic mass is 19.1. The van der Waals surface area contributed by atoms with Crippen LogP contribution in [-0.4, -0.2) is 69.7 Å². The van der Waals surface area contributed by atoms with Crippen LogP contribution in [0.25, 0.3) is 11.2 Å². The second kappa shape index (κ2) is 14.0. The number of fused-ring (bicyclic) bond motifs is 1. The highest BCUT2D eigenvalue weighted by molar-refractivity contribution is 6.06. The minimum Gasteiger partial charge on any atom is -0.497 e. The molecule has 0 radical (unpaired) electrons. The van der Waals surface area contributed by atoms with Gasteiger partial charge in [-0.25, -0.2) is 19.3 Å². The van der Waals surface area contributed by atoms with E-state index in [1.165, 1.54) is 17.2 Å². The highest BCUT2D eigenvalue weighted by Gasteiger charge is 2.48. The first-order chi connectivity index (χ1) is 24.4. The van der Waals surface area contributed by atoms with Crippen LogP contribution in [0.15, 0.2) is 122 Å². The van der Waals surface area contributed by atoms with Crippen molar-refractivity contribution in [2.24, 2.45) is 0 Å². The Kier molecular flexibility index (Phi) is 9.22. The van der Waals surface area contributed by atoms with Crippen LogP contribution in [0.1, 0.15) is 33.3 Å². The van der Waals surface area contributed by atoms with E-state index in [1.54, 1.807) is 38.5 Å². The third kappa shape index (κ3) is 6.04. The van der Waals surface area contributed by atoms with E-state index in [2.05, 4.69) is 20.3 Å². The van der Waals surface area contributed by atoms with Gasteiger partial charge in [0.15, 0.2) is 29.4 Å². The molecular formula is C38H34FN5O6. The number of nitrogens with zero attached hydrogens (tertiary/aromatic N) is 4. The molecule has 0 spiro atoms. The van der Waals surface area contributed by atoms with Crippen LogP contribution in [0.2, 0.25) is 0 Å². The van der Waals surface area contributed by atoms with Gasteiger partial charge in [-0.2, -0.15) is 0 Å². The number of rotatable bonds is 11. The van der Waals surface area contributed by atoms with Crippen LogP contribution in [-0.2, 0) is 15.1 Å². The van der Waals surface area contributed by atoms with Crippen molar-refractivity contribution in [3.8, 4) is 11.5 Å². The molecule has 12 heteroatoms. The van der Waals surface area contributed by atoms with Gasteiger partial charge in [0, 0.05) is 5.56 Å². The Hall–Kier alpha value is -5.69. The number of hydrogen-bond donors (Lipinski definition) is 2. The van der Waals surface area contributed by atoms with Crippen molar-refractivity contribution in [3.63, 3.8) is 0 Å². The van der Waals surface area contributed by atoms with Crippen molar-refractivity contribution in [2.45, 2.75) is 30.2 Å². The third-order valence-electron chi connectivity index (χ3n) is 8.83. The Morgan fingerprint density at radius 2 is 1.42 bits per heavy atom. The third-order valence-corrected chi connectivity index (χ3v) is 8.83. The molecule has 0 saturated carbocycles. The van der Waals surface area contributed by atoms with Crippen LogP contribution in [0.4, 0.5) is 10.2 Å². The summed E-state index contributed by atoms with van der Waals surface area (Å²) >= 11 is 0. The zero-order valence-corrected chi connectivity index (χ0v) is 27.2. The Balaban J connectivity index is 1.20. The van der Waals surface area contributed by atoms with Gasteiger partial charge in [-0.3, -0.25) is 9.36 Å². The van der Waals surface area contributed by atoms with Crippen LogP contribution in [0.3, 0.4) is 0 Å². The fourth-order valence-electron chi connectivity index (χ4n) is 6.25. The number of aliphatic hydroxyl groups excluding tert-OH is 1. The number of anilines is 1. The molecule has 4 atom stereocenters. The summed E-state index contributed by atoms with van der Waals surface area (Å²) in [6.07, 6.45) is -3.16. The number of alkyl halides is 1. The number of carbonyl (C=O) groups is 1. The monoisotopic (exact) mass is 675 g/mol. The quantitative estimate of drug-likeness (QED) is 0.166. The molecule has 0 aliphatic carbocycles. The molecule has 11 nitrogen and oxygen atoms in total. The number of nitrogens with one attached hydrogen (secondary N) is 1. The molecule has 50 heavy (non-hydrogen) atoms. The van der Waals surface area contributed by atoms with Crippen molar-refractivity contribution in [1.29, 1.82) is 0 Å². The van der Waals surface area contributed by atoms with Crippen LogP contribution in [0, 0.1) is 0 Å². The molecule has 1 fully saturated rings. The van der Waals surface area contributed by atoms with Crippen molar-refractivity contribution in [1.82, 2.24) is 19.5 Å². The van der Waals surface area contributed by atoms with E-state index in [-0.39, 0.29) is 29.5 Å². The average molecular weight is 676 g/mol. The fraction of sp³-hybridized carbons (Fsp3) is 0.211. The molecule has 2 N–H and O–H groups in total. The van der Waals surface area contributed by atoms with Crippen LogP contribution >= 0.6 is 0 Å². The van der Waals surface area contributed by atoms with E-state index < -0.39 is 30.2 Å². The number of aliphatic hydroxyl groups is 1. The first-order valence-corrected chi connectivity index (χ1v) is 15.9. The molecular weight excluding hydrogens is 641 g/mol. The minimum absolute atomic E-state index is 0.156. The summed E-state index contributed by atoms with van der Waals surface area (Å²) in [5.41, 5.74) is 2.05. The Labute approximate surface area is 287 Å². The molecule has 1 saturated heterocycles. The molecule has 1 amide bonds. The van der Waals surface area contributed by atoms with Gasteiger partial charge in [-0.05, 0) is 53.1 Å². The lowest BCUT2D eigenvalue weighted by atomic mass is 9.80. The van der Waals surface area contributed by atoms with Gasteiger partial charge in [0.1, 0.15) is 35.6 Å². The summed E-state index contributed by atoms with van der Waals surface area (Å²) in [4.78, 5) is 25.7. The number of benzene rings is 4. The predicted molar refractivity (Wildman–Crippen MR) is 183 cm³/mol. The summed E-state index contributed by atoms with van der Waals surface area (Å²) in [5, 5.41) is 14.0. The lowest BCUT2D eigenvalue weighted by Crippen LogP contribution is -2.39. The van der Waals surface area contributed by atoms with Gasteiger partial charge in [-0.1, -0.05) is 72.8 Å². The van der Waals surface area contributed by atoms with E-state index in [4.69, 9.17) is 18.9 Å². The molecule has 2 aromatic heterocycles. The second-order valence-corrected chi connectivity index (χ2v) is 11.7. The van der Waals surface area contributed by atoms with E-state index in [0.29, 0.717) is 17.1 Å². The molecule has 4 aromatic carbocycles. The molecule has 1 aliphatic rings. The van der Waals surface area contributed by atoms with Crippen LogP contribution in [0.5, 0.6) is 11.5 Å². The van der Waals surface area contributed by atoms with Crippen molar-refractivity contribution < 1.29 is 33.2 Å². The normalized spacial score (nSPS) is 19.0. The Morgan fingerprint density at radius 1 is 0.840 bits per heavy atom. The lowest BCUT2D eigenvalue weighted by Gasteiger charge is -2.37. The number of amides is 1. The summed E-state index contributed by atoms with van der Waals surface area (Å²) in [5.74, 6) is 1.11. The maximum atomic E-state index is 16.0. The number of methoxy groups -OCH3 is 2. The SMILES string of the molecule is COc1ccc(C(OC[C@H]2O[C@@H](n3cnc4c(NC(=O)c5ccccc5)ncnc43)C(F)C2O)(c2ccccc2)c2ccc(OC)cc2)cc1. The number of hydrogen-bond acceptors (Lipinski definition) is 9. The molecule has 1 aliphatic heterocycles. The second-order valence-electron chi connectivity index (χ2n) is 11.7. The summed E-state index contributed by atoms with van der Waals surface area (Å²) in [7, 11) is 3.19. The maximum absolute atomic E-state index is 16.0. The van der Waals surface area contributed by atoms with E-state index >= 15 is 4.39 Å². The number of ether oxygens (including phenoxy) is 4. The summed E-state index contributed by atoms with van der Waals surface area (Å²) in [6, 6.07) is 33.3. The Bertz CT molecular complexity index is 2010. The number of aromatic nitrogens is 4. The van der Waals surface area contributed by atoms with Crippen molar-refractivity contribution in [3.05, 3.63) is 144 Å². The van der Waals surface area contributed by atoms with Crippen molar-refractivity contribution >= 4 is 22.9 Å². The topological polar surface area (TPSA) is 130 Å². The largest absolute Gasteiger partial charge is 0.497 e.